The van der Waals surface area contributed by atoms with E-state index in [1.54, 1.807) is 49.3 Å². The predicted octanol–water partition coefficient (Wildman–Crippen LogP) is 2.84. The molecule has 2 saturated heterocycles. The summed E-state index contributed by atoms with van der Waals surface area (Å²) < 4.78 is 13.7. The fourth-order valence-electron chi connectivity index (χ4n) is 6.74. The molecule has 2 fully saturated rings. The van der Waals surface area contributed by atoms with Crippen LogP contribution >= 0.6 is 0 Å². The molecule has 4 amide bonds. The molecule has 0 radical (unpaired) electrons. The summed E-state index contributed by atoms with van der Waals surface area (Å²) in [6, 6.07) is 9.80. The maximum atomic E-state index is 13.2. The van der Waals surface area contributed by atoms with E-state index in [1.807, 2.05) is 18.3 Å². The molecule has 12 nitrogen and oxygen atoms in total. The molecule has 3 aliphatic heterocycles. The second kappa shape index (κ2) is 11.8. The molecule has 47 heavy (non-hydrogen) atoms. The molecule has 5 heterocycles. The first-order chi connectivity index (χ1) is 22.7. The minimum absolute atomic E-state index is 0.0659. The summed E-state index contributed by atoms with van der Waals surface area (Å²) in [6.45, 7) is 4.06. The molecule has 2 aromatic carbocycles. The van der Waals surface area contributed by atoms with Gasteiger partial charge >= 0.3 is 0 Å². The number of fused-ring (bicyclic) bond motifs is 2. The number of likely N-dealkylation sites (tertiary alicyclic amines) is 1. The number of hydrogen-bond acceptors (Lipinski definition) is 9. The summed E-state index contributed by atoms with van der Waals surface area (Å²) in [5, 5.41) is 3.61. The summed E-state index contributed by atoms with van der Waals surface area (Å²) in [7, 11) is 3.40. The Labute approximate surface area is 269 Å². The molecule has 1 unspecified atom stereocenters. The smallest absolute Gasteiger partial charge is 0.262 e. The Morgan fingerprint density at radius 1 is 0.957 bits per heavy atom. The Morgan fingerprint density at radius 3 is 2.49 bits per heavy atom. The van der Waals surface area contributed by atoms with Crippen molar-refractivity contribution in [1.82, 2.24) is 24.7 Å². The first kappa shape index (κ1) is 30.3. The summed E-state index contributed by atoms with van der Waals surface area (Å²) in [5.41, 5.74) is 4.42. The lowest BCUT2D eigenvalue weighted by molar-refractivity contribution is -0.136. The van der Waals surface area contributed by atoms with Crippen LogP contribution in [-0.4, -0.2) is 75.3 Å². The predicted molar refractivity (Wildman–Crippen MR) is 171 cm³/mol. The van der Waals surface area contributed by atoms with Crippen molar-refractivity contribution in [2.45, 2.75) is 44.9 Å². The van der Waals surface area contributed by atoms with Crippen molar-refractivity contribution < 1.29 is 28.7 Å². The molecular weight excluding hydrogens is 602 g/mol. The Morgan fingerprint density at radius 2 is 1.74 bits per heavy atom. The van der Waals surface area contributed by atoms with E-state index in [4.69, 9.17) is 9.47 Å². The van der Waals surface area contributed by atoms with Crippen LogP contribution in [0.1, 0.15) is 51.6 Å². The third-order valence-corrected chi connectivity index (χ3v) is 9.22. The van der Waals surface area contributed by atoms with Gasteiger partial charge < -0.3 is 14.0 Å². The maximum absolute atomic E-state index is 13.2. The van der Waals surface area contributed by atoms with Gasteiger partial charge in [-0.25, -0.2) is 0 Å². The molecule has 0 saturated carbocycles. The molecule has 4 aromatic rings. The normalized spacial score (nSPS) is 18.4. The fraction of sp³-hybridized carbons (Fsp3) is 0.314. The van der Waals surface area contributed by atoms with Crippen LogP contribution in [0, 0.1) is 0 Å². The Kier molecular flexibility index (Phi) is 7.59. The van der Waals surface area contributed by atoms with Gasteiger partial charge in [-0.2, -0.15) is 0 Å². The van der Waals surface area contributed by atoms with Crippen molar-refractivity contribution in [3.63, 3.8) is 0 Å². The molecule has 1 N–H and O–H groups in total. The molecule has 240 valence electrons. The van der Waals surface area contributed by atoms with Crippen molar-refractivity contribution in [3.8, 4) is 22.6 Å². The van der Waals surface area contributed by atoms with Crippen LogP contribution in [0.5, 0.6) is 11.5 Å². The summed E-state index contributed by atoms with van der Waals surface area (Å²) in [6.07, 6.45) is 5.99. The van der Waals surface area contributed by atoms with Gasteiger partial charge in [-0.3, -0.25) is 44.1 Å². The highest BCUT2D eigenvalue weighted by Crippen LogP contribution is 2.36. The Hall–Kier alpha value is -5.36. The topological polar surface area (TPSA) is 140 Å². The Balaban J connectivity index is 1.05. The molecule has 12 heteroatoms. The number of pyridine rings is 2. The number of amides is 4. The summed E-state index contributed by atoms with van der Waals surface area (Å²) in [5.74, 6) is -0.934. The van der Waals surface area contributed by atoms with E-state index in [-0.39, 0.29) is 35.6 Å². The van der Waals surface area contributed by atoms with Gasteiger partial charge in [-0.1, -0.05) is 13.0 Å². The molecule has 1 atom stereocenters. The highest BCUT2D eigenvalue weighted by Gasteiger charge is 2.45. The first-order valence-corrected chi connectivity index (χ1v) is 15.5. The number of nitrogens with one attached hydrogen (secondary N) is 1. The van der Waals surface area contributed by atoms with Crippen LogP contribution in [0.4, 0.5) is 0 Å². The highest BCUT2D eigenvalue weighted by atomic mass is 16.5. The number of nitrogens with zero attached hydrogens (tertiary/aromatic N) is 4. The number of carbonyl (C=O) groups is 4. The van der Waals surface area contributed by atoms with Crippen LogP contribution in [0.3, 0.4) is 0 Å². The van der Waals surface area contributed by atoms with Crippen LogP contribution in [0.2, 0.25) is 0 Å². The minimum atomic E-state index is -1.01. The van der Waals surface area contributed by atoms with Gasteiger partial charge in [0.25, 0.3) is 17.4 Å². The van der Waals surface area contributed by atoms with E-state index in [9.17, 15) is 24.0 Å². The van der Waals surface area contributed by atoms with E-state index in [0.29, 0.717) is 30.8 Å². The molecule has 0 bridgehead atoms. The SMILES string of the molecule is CCc1cc(-c2cn(C)c(=O)c3cnccc23)cc(OC)c1CN1CC(Oc2ccc3c(c2)C(=O)N(C2CCC(=O)NC2=O)C3=O)C1. The lowest BCUT2D eigenvalue weighted by atomic mass is 9.94. The maximum Gasteiger partial charge on any atom is 0.262 e. The van der Waals surface area contributed by atoms with Crippen molar-refractivity contribution >= 4 is 34.4 Å². The van der Waals surface area contributed by atoms with Crippen molar-refractivity contribution in [2.24, 2.45) is 7.05 Å². The monoisotopic (exact) mass is 635 g/mol. The van der Waals surface area contributed by atoms with Crippen molar-refractivity contribution in [3.05, 3.63) is 87.6 Å². The van der Waals surface area contributed by atoms with Crippen LogP contribution in [0.15, 0.2) is 59.8 Å². The molecule has 7 rings (SSSR count). The number of aromatic nitrogens is 2. The fourth-order valence-corrected chi connectivity index (χ4v) is 6.74. The average Bonchev–Trinajstić information content (AvgIpc) is 3.30. The number of methoxy groups -OCH3 is 1. The largest absolute Gasteiger partial charge is 0.496 e. The van der Waals surface area contributed by atoms with Gasteiger partial charge in [0.15, 0.2) is 0 Å². The van der Waals surface area contributed by atoms with Gasteiger partial charge in [-0.15, -0.1) is 0 Å². The molecule has 0 spiro atoms. The lowest BCUT2D eigenvalue weighted by Crippen LogP contribution is -2.54. The molecule has 2 aromatic heterocycles. The van der Waals surface area contributed by atoms with E-state index in [0.717, 1.165) is 44.7 Å². The molecule has 0 aliphatic carbocycles. The quantitative estimate of drug-likeness (QED) is 0.290. The minimum Gasteiger partial charge on any atom is -0.496 e. The van der Waals surface area contributed by atoms with Crippen molar-refractivity contribution in [1.29, 1.82) is 0 Å². The third kappa shape index (κ3) is 5.24. The number of piperidine rings is 1. The average molecular weight is 636 g/mol. The zero-order valence-electron chi connectivity index (χ0n) is 26.2. The zero-order valence-corrected chi connectivity index (χ0v) is 26.2. The van der Waals surface area contributed by atoms with Gasteiger partial charge in [0, 0.05) is 62.8 Å². The second-order valence-corrected chi connectivity index (χ2v) is 12.1. The van der Waals surface area contributed by atoms with Crippen molar-refractivity contribution in [2.75, 3.05) is 20.2 Å². The van der Waals surface area contributed by atoms with Crippen LogP contribution in [0.25, 0.3) is 21.9 Å². The van der Waals surface area contributed by atoms with Crippen LogP contribution in [-0.2, 0) is 29.6 Å². The number of imide groups is 2. The van der Waals surface area contributed by atoms with Gasteiger partial charge in [0.1, 0.15) is 23.6 Å². The first-order valence-electron chi connectivity index (χ1n) is 15.5. The van der Waals surface area contributed by atoms with E-state index >= 15 is 0 Å². The number of rotatable bonds is 8. The second-order valence-electron chi connectivity index (χ2n) is 12.1. The van der Waals surface area contributed by atoms with E-state index in [2.05, 4.69) is 28.2 Å². The lowest BCUT2D eigenvalue weighted by Gasteiger charge is -2.39. The van der Waals surface area contributed by atoms with Gasteiger partial charge in [-0.05, 0) is 59.7 Å². The molecule has 3 aliphatic rings. The number of aryl methyl sites for hydroxylation is 2. The van der Waals surface area contributed by atoms with Gasteiger partial charge in [0.2, 0.25) is 11.8 Å². The zero-order chi connectivity index (χ0) is 33.0. The number of ether oxygens (including phenoxy) is 2. The Bertz CT molecular complexity index is 2020. The summed E-state index contributed by atoms with van der Waals surface area (Å²) >= 11 is 0. The standard InChI is InChI=1S/C35H33N5O7/c1-4-19-11-20(27-17-38(2)33(43)26-14-36-10-9-23(26)27)12-30(46-3)28(19)18-39-15-22(16-39)47-21-5-6-24-25(13-21)35(45)40(34(24)44)29-7-8-31(41)37-32(29)42/h5-6,9-14,17,22,29H,4,7-8,15-16,18H2,1-3H3,(H,37,41,42). The number of hydrogen-bond donors (Lipinski definition) is 1. The van der Waals surface area contributed by atoms with Gasteiger partial charge in [0.05, 0.1) is 23.6 Å². The third-order valence-electron chi connectivity index (χ3n) is 9.22. The molecular formula is C35H33N5O7. The highest BCUT2D eigenvalue weighted by molar-refractivity contribution is 6.23. The number of carbonyl (C=O) groups excluding carboxylic acids is 4. The summed E-state index contributed by atoms with van der Waals surface area (Å²) in [4.78, 5) is 70.2. The van der Waals surface area contributed by atoms with E-state index in [1.165, 1.54) is 0 Å². The van der Waals surface area contributed by atoms with Crippen LogP contribution < -0.4 is 20.3 Å². The number of benzene rings is 2. The van der Waals surface area contributed by atoms with E-state index < -0.39 is 29.7 Å².